The fourth-order valence-electron chi connectivity index (χ4n) is 0.936. The van der Waals surface area contributed by atoms with E-state index in [0.717, 1.165) is 13.0 Å². The second kappa shape index (κ2) is 5.53. The number of hydrogen-bond acceptors (Lipinski definition) is 1. The molecule has 2 heteroatoms. The molecule has 1 nitrogen and oxygen atoms in total. The van der Waals surface area contributed by atoms with E-state index in [1.807, 2.05) is 0 Å². The van der Waals surface area contributed by atoms with E-state index >= 15 is 0 Å². The normalized spacial score (nSPS) is 12.0. The van der Waals surface area contributed by atoms with Crippen molar-refractivity contribution < 1.29 is 4.39 Å². The third kappa shape index (κ3) is 9.89. The summed E-state index contributed by atoms with van der Waals surface area (Å²) in [4.78, 5) is 0. The maximum Gasteiger partial charge on any atom is 0.102 e. The van der Waals surface area contributed by atoms with Gasteiger partial charge < -0.3 is 5.32 Å². The maximum atomic E-state index is 11.6. The zero-order valence-corrected chi connectivity index (χ0v) is 7.91. The minimum Gasteiger partial charge on any atom is -0.314 e. The Hall–Kier alpha value is -0.110. The Morgan fingerprint density at radius 2 is 1.82 bits per heavy atom. The van der Waals surface area contributed by atoms with E-state index in [4.69, 9.17) is 0 Å². The molecule has 0 aliphatic carbocycles. The van der Waals surface area contributed by atoms with Gasteiger partial charge in [0.2, 0.25) is 0 Å². The Morgan fingerprint density at radius 1 is 1.18 bits per heavy atom. The second-order valence-electron chi connectivity index (χ2n) is 4.10. The molecule has 0 aliphatic heterocycles. The SMILES string of the molecule is CC(C)(C)CCCNCCF. The summed E-state index contributed by atoms with van der Waals surface area (Å²) in [5.74, 6) is 0. The third-order valence-corrected chi connectivity index (χ3v) is 1.55. The van der Waals surface area contributed by atoms with Crippen LogP contribution < -0.4 is 5.32 Å². The number of rotatable bonds is 5. The van der Waals surface area contributed by atoms with Crippen LogP contribution in [0.3, 0.4) is 0 Å². The summed E-state index contributed by atoms with van der Waals surface area (Å²) >= 11 is 0. The molecule has 0 amide bonds. The van der Waals surface area contributed by atoms with Gasteiger partial charge in [-0.15, -0.1) is 0 Å². The van der Waals surface area contributed by atoms with Gasteiger partial charge in [-0.1, -0.05) is 20.8 Å². The van der Waals surface area contributed by atoms with Crippen LogP contribution in [0.2, 0.25) is 0 Å². The summed E-state index contributed by atoms with van der Waals surface area (Å²) in [7, 11) is 0. The van der Waals surface area contributed by atoms with E-state index in [-0.39, 0.29) is 6.67 Å². The van der Waals surface area contributed by atoms with Crippen molar-refractivity contribution in [2.45, 2.75) is 33.6 Å². The molecule has 0 unspecified atom stereocenters. The molecule has 0 aromatic rings. The van der Waals surface area contributed by atoms with Gasteiger partial charge in [-0.25, -0.2) is 4.39 Å². The van der Waals surface area contributed by atoms with E-state index in [1.165, 1.54) is 6.42 Å². The van der Waals surface area contributed by atoms with Gasteiger partial charge in [0.15, 0.2) is 0 Å². The van der Waals surface area contributed by atoms with Crippen LogP contribution in [0.1, 0.15) is 33.6 Å². The van der Waals surface area contributed by atoms with Crippen LogP contribution in [0.25, 0.3) is 0 Å². The largest absolute Gasteiger partial charge is 0.314 e. The standard InChI is InChI=1S/C9H20FN/c1-9(2,3)5-4-7-11-8-6-10/h11H,4-8H2,1-3H3. The van der Waals surface area contributed by atoms with E-state index in [9.17, 15) is 4.39 Å². The van der Waals surface area contributed by atoms with Crippen molar-refractivity contribution in [1.82, 2.24) is 5.32 Å². The number of nitrogens with one attached hydrogen (secondary N) is 1. The molecule has 0 aromatic heterocycles. The minimum atomic E-state index is -0.254. The summed E-state index contributed by atoms with van der Waals surface area (Å²) in [5.41, 5.74) is 0.414. The molecule has 0 fully saturated rings. The minimum absolute atomic E-state index is 0.254. The molecule has 68 valence electrons. The van der Waals surface area contributed by atoms with Gasteiger partial charge in [0, 0.05) is 6.54 Å². The van der Waals surface area contributed by atoms with Crippen molar-refractivity contribution in [3.63, 3.8) is 0 Å². The summed E-state index contributed by atoms with van der Waals surface area (Å²) in [6, 6.07) is 0. The van der Waals surface area contributed by atoms with Gasteiger partial charge in [-0.05, 0) is 24.8 Å². The van der Waals surface area contributed by atoms with Crippen molar-refractivity contribution in [2.75, 3.05) is 19.8 Å². The van der Waals surface area contributed by atoms with Crippen molar-refractivity contribution in [1.29, 1.82) is 0 Å². The highest BCUT2D eigenvalue weighted by atomic mass is 19.1. The zero-order chi connectivity index (χ0) is 8.74. The summed E-state index contributed by atoms with van der Waals surface area (Å²) in [6.45, 7) is 7.87. The summed E-state index contributed by atoms with van der Waals surface area (Å²) in [5, 5.41) is 3.03. The van der Waals surface area contributed by atoms with Crippen LogP contribution in [0.5, 0.6) is 0 Å². The first-order chi connectivity index (χ1) is 5.06. The molecule has 0 aromatic carbocycles. The Balaban J connectivity index is 3.02. The summed E-state index contributed by atoms with van der Waals surface area (Å²) < 4.78 is 11.6. The smallest absolute Gasteiger partial charge is 0.102 e. The van der Waals surface area contributed by atoms with Gasteiger partial charge in [-0.3, -0.25) is 0 Å². The fraction of sp³-hybridized carbons (Fsp3) is 1.00. The lowest BCUT2D eigenvalue weighted by Gasteiger charge is -2.17. The van der Waals surface area contributed by atoms with Crippen LogP contribution in [0.15, 0.2) is 0 Å². The topological polar surface area (TPSA) is 12.0 Å². The molecule has 0 spiro atoms. The Labute approximate surface area is 69.4 Å². The maximum absolute atomic E-state index is 11.6. The average Bonchev–Trinajstić information content (AvgIpc) is 1.85. The molecular formula is C9H20FN. The van der Waals surface area contributed by atoms with Crippen molar-refractivity contribution in [3.8, 4) is 0 Å². The molecule has 0 atom stereocenters. The van der Waals surface area contributed by atoms with E-state index in [0.29, 0.717) is 12.0 Å². The first kappa shape index (κ1) is 10.9. The quantitative estimate of drug-likeness (QED) is 0.610. The molecule has 0 saturated heterocycles. The molecule has 1 N–H and O–H groups in total. The molecule has 0 bridgehead atoms. The number of halogens is 1. The molecule has 11 heavy (non-hydrogen) atoms. The van der Waals surface area contributed by atoms with E-state index < -0.39 is 0 Å². The highest BCUT2D eigenvalue weighted by Gasteiger charge is 2.08. The van der Waals surface area contributed by atoms with E-state index in [1.54, 1.807) is 0 Å². The van der Waals surface area contributed by atoms with E-state index in [2.05, 4.69) is 26.1 Å². The Kier molecular flexibility index (Phi) is 5.47. The highest BCUT2D eigenvalue weighted by molar-refractivity contribution is 4.61. The lowest BCUT2D eigenvalue weighted by atomic mass is 9.91. The molecular weight excluding hydrogens is 141 g/mol. The highest BCUT2D eigenvalue weighted by Crippen LogP contribution is 2.19. The van der Waals surface area contributed by atoms with Crippen molar-refractivity contribution in [3.05, 3.63) is 0 Å². The van der Waals surface area contributed by atoms with Gasteiger partial charge in [0.1, 0.15) is 6.67 Å². The molecule has 0 heterocycles. The van der Waals surface area contributed by atoms with Crippen LogP contribution in [-0.2, 0) is 0 Å². The molecule has 0 rings (SSSR count). The van der Waals surface area contributed by atoms with Crippen LogP contribution in [0.4, 0.5) is 4.39 Å². The van der Waals surface area contributed by atoms with Gasteiger partial charge in [0.25, 0.3) is 0 Å². The summed E-state index contributed by atoms with van der Waals surface area (Å²) in [6.07, 6.45) is 2.34. The fourth-order valence-corrected chi connectivity index (χ4v) is 0.936. The van der Waals surface area contributed by atoms with Crippen molar-refractivity contribution >= 4 is 0 Å². The first-order valence-electron chi connectivity index (χ1n) is 4.33. The predicted octanol–water partition coefficient (Wildman–Crippen LogP) is 2.37. The van der Waals surface area contributed by atoms with Gasteiger partial charge in [-0.2, -0.15) is 0 Å². The van der Waals surface area contributed by atoms with Crippen LogP contribution in [0, 0.1) is 5.41 Å². The second-order valence-corrected chi connectivity index (χ2v) is 4.10. The predicted molar refractivity (Wildman–Crippen MR) is 47.5 cm³/mol. The number of alkyl halides is 1. The van der Waals surface area contributed by atoms with Gasteiger partial charge >= 0.3 is 0 Å². The Bertz CT molecular complexity index is 86.1. The zero-order valence-electron chi connectivity index (χ0n) is 7.91. The molecule has 0 aliphatic rings. The lowest BCUT2D eigenvalue weighted by Crippen LogP contribution is -2.19. The lowest BCUT2D eigenvalue weighted by molar-refractivity contribution is 0.358. The van der Waals surface area contributed by atoms with Crippen molar-refractivity contribution in [2.24, 2.45) is 5.41 Å². The molecule has 0 saturated carbocycles. The van der Waals surface area contributed by atoms with Crippen LogP contribution in [-0.4, -0.2) is 19.8 Å². The average molecular weight is 161 g/mol. The monoisotopic (exact) mass is 161 g/mol. The number of hydrogen-bond donors (Lipinski definition) is 1. The van der Waals surface area contributed by atoms with Gasteiger partial charge in [0.05, 0.1) is 0 Å². The van der Waals surface area contributed by atoms with Crippen LogP contribution >= 0.6 is 0 Å². The third-order valence-electron chi connectivity index (χ3n) is 1.55. The molecule has 0 radical (unpaired) electrons. The first-order valence-corrected chi connectivity index (χ1v) is 4.33. The Morgan fingerprint density at radius 3 is 2.27 bits per heavy atom.